The summed E-state index contributed by atoms with van der Waals surface area (Å²) in [5.74, 6) is -0.881. The predicted octanol–water partition coefficient (Wildman–Crippen LogP) is 3.52. The summed E-state index contributed by atoms with van der Waals surface area (Å²) in [4.78, 5) is 24.0. The van der Waals surface area contributed by atoms with E-state index in [0.717, 1.165) is 34.0 Å². The van der Waals surface area contributed by atoms with Crippen LogP contribution in [0.4, 0.5) is 0 Å². The van der Waals surface area contributed by atoms with E-state index in [1.54, 1.807) is 19.2 Å². The standard InChI is InChI=1S/C23H23ClN4O3/c1-15-12-18(16(2)28(15)20-8-6-19(24)7-9-20)14-26-27-23(30)22(29)25-13-17-4-10-21(31-3)11-5-17/h4-12,14H,13H2,1-3H3,(H,25,29)(H,27,30)/b26-14-. The van der Waals surface area contributed by atoms with Crippen LogP contribution in [-0.4, -0.2) is 29.7 Å². The van der Waals surface area contributed by atoms with Gasteiger partial charge in [-0.25, -0.2) is 5.43 Å². The Morgan fingerprint density at radius 3 is 2.39 bits per heavy atom. The van der Waals surface area contributed by atoms with Crippen molar-refractivity contribution in [2.24, 2.45) is 5.10 Å². The van der Waals surface area contributed by atoms with Crippen molar-refractivity contribution in [2.75, 3.05) is 7.11 Å². The summed E-state index contributed by atoms with van der Waals surface area (Å²) in [6.45, 7) is 4.15. The number of nitrogens with one attached hydrogen (secondary N) is 2. The molecule has 2 amide bonds. The van der Waals surface area contributed by atoms with E-state index < -0.39 is 11.8 Å². The summed E-state index contributed by atoms with van der Waals surface area (Å²) in [5.41, 5.74) is 6.86. The van der Waals surface area contributed by atoms with Crippen molar-refractivity contribution < 1.29 is 14.3 Å². The van der Waals surface area contributed by atoms with Crippen molar-refractivity contribution >= 4 is 29.6 Å². The number of amides is 2. The second kappa shape index (κ2) is 9.95. The van der Waals surface area contributed by atoms with Crippen molar-refractivity contribution in [1.82, 2.24) is 15.3 Å². The van der Waals surface area contributed by atoms with Crippen molar-refractivity contribution in [3.63, 3.8) is 0 Å². The molecule has 0 aliphatic heterocycles. The van der Waals surface area contributed by atoms with E-state index in [-0.39, 0.29) is 6.54 Å². The maximum absolute atomic E-state index is 12.0. The van der Waals surface area contributed by atoms with Gasteiger partial charge in [-0.15, -0.1) is 0 Å². The molecular weight excluding hydrogens is 416 g/mol. The van der Waals surface area contributed by atoms with Gasteiger partial charge in [0.15, 0.2) is 0 Å². The van der Waals surface area contributed by atoms with Crippen LogP contribution in [0.1, 0.15) is 22.5 Å². The number of hydrogen-bond donors (Lipinski definition) is 2. The summed E-state index contributed by atoms with van der Waals surface area (Å²) in [7, 11) is 1.58. The molecule has 0 atom stereocenters. The Labute approximate surface area is 185 Å². The Bertz CT molecular complexity index is 1100. The van der Waals surface area contributed by atoms with Gasteiger partial charge in [0.05, 0.1) is 13.3 Å². The highest BCUT2D eigenvalue weighted by molar-refractivity contribution is 6.35. The van der Waals surface area contributed by atoms with E-state index in [1.165, 1.54) is 6.21 Å². The summed E-state index contributed by atoms with van der Waals surface area (Å²) in [5, 5.41) is 7.15. The molecule has 31 heavy (non-hydrogen) atoms. The zero-order chi connectivity index (χ0) is 22.4. The van der Waals surface area contributed by atoms with Gasteiger partial charge in [0.25, 0.3) is 0 Å². The second-order valence-corrected chi connectivity index (χ2v) is 7.30. The molecule has 0 aliphatic carbocycles. The lowest BCUT2D eigenvalue weighted by atomic mass is 10.2. The molecule has 160 valence electrons. The Morgan fingerprint density at radius 2 is 1.74 bits per heavy atom. The largest absolute Gasteiger partial charge is 0.497 e. The van der Waals surface area contributed by atoms with Crippen LogP contribution in [-0.2, 0) is 16.1 Å². The minimum Gasteiger partial charge on any atom is -0.497 e. The van der Waals surface area contributed by atoms with E-state index in [1.807, 2.05) is 56.3 Å². The zero-order valence-corrected chi connectivity index (χ0v) is 18.2. The number of aryl methyl sites for hydroxylation is 1. The lowest BCUT2D eigenvalue weighted by Gasteiger charge is -2.09. The van der Waals surface area contributed by atoms with E-state index in [9.17, 15) is 9.59 Å². The van der Waals surface area contributed by atoms with E-state index in [0.29, 0.717) is 5.02 Å². The molecule has 0 unspecified atom stereocenters. The van der Waals surface area contributed by atoms with Gasteiger partial charge in [0, 0.05) is 34.2 Å². The van der Waals surface area contributed by atoms with Crippen molar-refractivity contribution in [3.05, 3.63) is 82.1 Å². The summed E-state index contributed by atoms with van der Waals surface area (Å²) < 4.78 is 7.14. The number of hydrazone groups is 1. The highest BCUT2D eigenvalue weighted by atomic mass is 35.5. The fourth-order valence-electron chi connectivity index (χ4n) is 3.12. The third-order valence-corrected chi connectivity index (χ3v) is 5.00. The van der Waals surface area contributed by atoms with Gasteiger partial charge in [-0.1, -0.05) is 23.7 Å². The van der Waals surface area contributed by atoms with Crippen LogP contribution in [0.25, 0.3) is 5.69 Å². The van der Waals surface area contributed by atoms with E-state index in [4.69, 9.17) is 16.3 Å². The second-order valence-electron chi connectivity index (χ2n) is 6.87. The Hall–Kier alpha value is -3.58. The molecule has 0 fully saturated rings. The number of carbonyl (C=O) groups is 2. The molecule has 0 radical (unpaired) electrons. The molecule has 0 saturated carbocycles. The number of halogens is 1. The number of nitrogens with zero attached hydrogens (tertiary/aromatic N) is 2. The molecule has 0 saturated heterocycles. The monoisotopic (exact) mass is 438 g/mol. The SMILES string of the molecule is COc1ccc(CNC(=O)C(=O)N/N=C\c2cc(C)n(-c3ccc(Cl)cc3)c2C)cc1. The van der Waals surface area contributed by atoms with Crippen LogP contribution >= 0.6 is 11.6 Å². The Morgan fingerprint density at radius 1 is 1.06 bits per heavy atom. The molecule has 0 aliphatic rings. The van der Waals surface area contributed by atoms with Gasteiger partial charge in [-0.05, 0) is 61.9 Å². The van der Waals surface area contributed by atoms with Gasteiger partial charge < -0.3 is 14.6 Å². The highest BCUT2D eigenvalue weighted by Crippen LogP contribution is 2.21. The van der Waals surface area contributed by atoms with Gasteiger partial charge in [0.2, 0.25) is 0 Å². The summed E-state index contributed by atoms with van der Waals surface area (Å²) in [6.07, 6.45) is 1.52. The van der Waals surface area contributed by atoms with Crippen LogP contribution in [0.15, 0.2) is 59.7 Å². The number of carbonyl (C=O) groups excluding carboxylic acids is 2. The molecule has 1 aromatic heterocycles. The lowest BCUT2D eigenvalue weighted by Crippen LogP contribution is -2.37. The Balaban J connectivity index is 1.58. The molecule has 8 heteroatoms. The Kier molecular flexibility index (Phi) is 7.10. The van der Waals surface area contributed by atoms with Crippen LogP contribution in [0.2, 0.25) is 5.02 Å². The van der Waals surface area contributed by atoms with Gasteiger partial charge in [0.1, 0.15) is 5.75 Å². The molecular formula is C23H23ClN4O3. The number of methoxy groups -OCH3 is 1. The molecule has 3 aromatic rings. The fraction of sp³-hybridized carbons (Fsp3) is 0.174. The summed E-state index contributed by atoms with van der Waals surface area (Å²) in [6, 6.07) is 16.7. The first kappa shape index (κ1) is 22.1. The number of aromatic nitrogens is 1. The van der Waals surface area contributed by atoms with Crippen LogP contribution < -0.4 is 15.5 Å². The molecule has 0 bridgehead atoms. The van der Waals surface area contributed by atoms with E-state index in [2.05, 4.69) is 20.4 Å². The van der Waals surface area contributed by atoms with Gasteiger partial charge in [-0.2, -0.15) is 5.10 Å². The first-order valence-electron chi connectivity index (χ1n) is 9.58. The minimum absolute atomic E-state index is 0.224. The number of rotatable bonds is 6. The number of benzene rings is 2. The quantitative estimate of drug-likeness (QED) is 0.351. The van der Waals surface area contributed by atoms with Crippen LogP contribution in [0.3, 0.4) is 0 Å². The van der Waals surface area contributed by atoms with E-state index >= 15 is 0 Å². The average Bonchev–Trinajstić information content (AvgIpc) is 3.06. The maximum atomic E-state index is 12.0. The van der Waals surface area contributed by atoms with Crippen LogP contribution in [0, 0.1) is 13.8 Å². The lowest BCUT2D eigenvalue weighted by molar-refractivity contribution is -0.139. The first-order valence-corrected chi connectivity index (χ1v) is 9.96. The molecule has 2 N–H and O–H groups in total. The van der Waals surface area contributed by atoms with Gasteiger partial charge in [-0.3, -0.25) is 9.59 Å². The first-order chi connectivity index (χ1) is 14.9. The maximum Gasteiger partial charge on any atom is 0.329 e. The minimum atomic E-state index is -0.837. The highest BCUT2D eigenvalue weighted by Gasteiger charge is 2.13. The number of ether oxygens (including phenoxy) is 1. The van der Waals surface area contributed by atoms with Crippen molar-refractivity contribution in [3.8, 4) is 11.4 Å². The molecule has 2 aromatic carbocycles. The molecule has 7 nitrogen and oxygen atoms in total. The topological polar surface area (TPSA) is 84.7 Å². The van der Waals surface area contributed by atoms with Gasteiger partial charge >= 0.3 is 11.8 Å². The van der Waals surface area contributed by atoms with Crippen molar-refractivity contribution in [1.29, 1.82) is 0 Å². The molecule has 3 rings (SSSR count). The van der Waals surface area contributed by atoms with Crippen molar-refractivity contribution in [2.45, 2.75) is 20.4 Å². The average molecular weight is 439 g/mol. The smallest absolute Gasteiger partial charge is 0.329 e. The normalized spacial score (nSPS) is 10.8. The summed E-state index contributed by atoms with van der Waals surface area (Å²) >= 11 is 5.97. The molecule has 0 spiro atoms. The predicted molar refractivity (Wildman–Crippen MR) is 121 cm³/mol. The number of hydrogen-bond acceptors (Lipinski definition) is 4. The molecule has 1 heterocycles. The zero-order valence-electron chi connectivity index (χ0n) is 17.5. The van der Waals surface area contributed by atoms with Crippen LogP contribution in [0.5, 0.6) is 5.75 Å². The third kappa shape index (κ3) is 5.52. The third-order valence-electron chi connectivity index (χ3n) is 4.74. The fourth-order valence-corrected chi connectivity index (χ4v) is 3.25.